The molecule has 0 saturated carbocycles. The molecule has 1 nitrogen and oxygen atoms in total. The molecule has 0 heterocycles. The molecule has 0 bridgehead atoms. The summed E-state index contributed by atoms with van der Waals surface area (Å²) < 4.78 is 13.0. The van der Waals surface area contributed by atoms with E-state index in [1.165, 1.54) is 6.07 Å². The lowest BCUT2D eigenvalue weighted by Gasteiger charge is -2.07. The van der Waals surface area contributed by atoms with E-state index in [1.807, 2.05) is 19.1 Å². The van der Waals surface area contributed by atoms with E-state index in [9.17, 15) is 4.39 Å². The molecule has 1 unspecified atom stereocenters. The summed E-state index contributed by atoms with van der Waals surface area (Å²) >= 11 is 7.44. The highest BCUT2D eigenvalue weighted by Gasteiger charge is 2.03. The number of benzene rings is 2. The maximum Gasteiger partial charge on any atom is 0.141 e. The molecule has 0 aliphatic rings. The fraction of sp³-hybridized carbons (Fsp3) is 0.200. The average molecular weight is 296 g/mol. The highest BCUT2D eigenvalue weighted by molar-refractivity contribution is 7.98. The molecule has 0 aliphatic heterocycles. The van der Waals surface area contributed by atoms with Gasteiger partial charge in [0.2, 0.25) is 0 Å². The van der Waals surface area contributed by atoms with Crippen LogP contribution in [0.5, 0.6) is 0 Å². The van der Waals surface area contributed by atoms with Crippen molar-refractivity contribution in [2.75, 3.05) is 0 Å². The van der Waals surface area contributed by atoms with Crippen molar-refractivity contribution >= 4 is 23.4 Å². The normalized spacial score (nSPS) is 12.4. The van der Waals surface area contributed by atoms with Gasteiger partial charge in [-0.1, -0.05) is 29.8 Å². The molecule has 0 spiro atoms. The van der Waals surface area contributed by atoms with E-state index in [0.717, 1.165) is 21.8 Å². The Morgan fingerprint density at radius 2 is 1.89 bits per heavy atom. The van der Waals surface area contributed by atoms with Gasteiger partial charge in [0.15, 0.2) is 0 Å². The van der Waals surface area contributed by atoms with Gasteiger partial charge < -0.3 is 5.73 Å². The summed E-state index contributed by atoms with van der Waals surface area (Å²) in [6, 6.07) is 13.0. The Morgan fingerprint density at radius 1 is 1.21 bits per heavy atom. The van der Waals surface area contributed by atoms with Crippen LogP contribution in [0.1, 0.15) is 24.1 Å². The Labute approximate surface area is 122 Å². The molecule has 4 heteroatoms. The van der Waals surface area contributed by atoms with Crippen molar-refractivity contribution in [2.45, 2.75) is 23.6 Å². The Morgan fingerprint density at radius 3 is 2.47 bits per heavy atom. The van der Waals surface area contributed by atoms with E-state index in [4.69, 9.17) is 17.3 Å². The number of nitrogens with two attached hydrogens (primary N) is 1. The zero-order valence-corrected chi connectivity index (χ0v) is 12.1. The van der Waals surface area contributed by atoms with Crippen molar-refractivity contribution in [2.24, 2.45) is 5.73 Å². The van der Waals surface area contributed by atoms with Crippen LogP contribution in [0.25, 0.3) is 0 Å². The number of thioether (sulfide) groups is 1. The maximum absolute atomic E-state index is 13.0. The van der Waals surface area contributed by atoms with Gasteiger partial charge in [-0.2, -0.15) is 0 Å². The minimum Gasteiger partial charge on any atom is -0.324 e. The predicted molar refractivity (Wildman–Crippen MR) is 80.0 cm³/mol. The molecule has 2 N–H and O–H groups in total. The minimum atomic E-state index is -0.378. The van der Waals surface area contributed by atoms with Crippen LogP contribution in [0.3, 0.4) is 0 Å². The first kappa shape index (κ1) is 14.4. The van der Waals surface area contributed by atoms with Crippen LogP contribution in [0.4, 0.5) is 4.39 Å². The summed E-state index contributed by atoms with van der Waals surface area (Å²) in [5.41, 5.74) is 7.93. The van der Waals surface area contributed by atoms with E-state index in [0.29, 0.717) is 0 Å². The molecule has 0 radical (unpaired) electrons. The third-order valence-electron chi connectivity index (χ3n) is 2.80. The van der Waals surface area contributed by atoms with Gasteiger partial charge in [-0.3, -0.25) is 0 Å². The van der Waals surface area contributed by atoms with Crippen molar-refractivity contribution in [3.63, 3.8) is 0 Å². The molecule has 0 saturated heterocycles. The summed E-state index contributed by atoms with van der Waals surface area (Å²) in [4.78, 5) is 1.16. The topological polar surface area (TPSA) is 26.0 Å². The average Bonchev–Trinajstić information content (AvgIpc) is 2.40. The third kappa shape index (κ3) is 3.96. The molecule has 0 aliphatic carbocycles. The van der Waals surface area contributed by atoms with Gasteiger partial charge in [0.1, 0.15) is 5.82 Å². The quantitative estimate of drug-likeness (QED) is 0.821. The summed E-state index contributed by atoms with van der Waals surface area (Å²) in [5.74, 6) is 0.383. The van der Waals surface area contributed by atoms with Crippen molar-refractivity contribution in [3.8, 4) is 0 Å². The summed E-state index contributed by atoms with van der Waals surface area (Å²) in [6.07, 6.45) is 0. The molecule has 0 amide bonds. The lowest BCUT2D eigenvalue weighted by atomic mass is 10.1. The van der Waals surface area contributed by atoms with Crippen molar-refractivity contribution in [3.05, 3.63) is 64.4 Å². The van der Waals surface area contributed by atoms with Gasteiger partial charge in [0.25, 0.3) is 0 Å². The molecule has 0 fully saturated rings. The SMILES string of the molecule is CC(N)c1ccc(SCc2ccc(F)c(Cl)c2)cc1. The summed E-state index contributed by atoms with van der Waals surface area (Å²) in [5, 5.41) is 0.172. The lowest BCUT2D eigenvalue weighted by Crippen LogP contribution is -2.04. The molecule has 0 aromatic heterocycles. The second-order valence-electron chi connectivity index (χ2n) is 4.39. The fourth-order valence-electron chi connectivity index (χ4n) is 1.66. The van der Waals surface area contributed by atoms with Gasteiger partial charge in [0.05, 0.1) is 5.02 Å². The van der Waals surface area contributed by atoms with Crippen LogP contribution < -0.4 is 5.73 Å². The van der Waals surface area contributed by atoms with Crippen molar-refractivity contribution < 1.29 is 4.39 Å². The first-order valence-electron chi connectivity index (χ1n) is 5.98. The van der Waals surface area contributed by atoms with Crippen molar-refractivity contribution in [1.29, 1.82) is 0 Å². The minimum absolute atomic E-state index is 0.0509. The third-order valence-corrected chi connectivity index (χ3v) is 4.17. The van der Waals surface area contributed by atoms with E-state index in [1.54, 1.807) is 23.9 Å². The van der Waals surface area contributed by atoms with E-state index < -0.39 is 0 Å². The second kappa shape index (κ2) is 6.42. The number of hydrogen-bond donors (Lipinski definition) is 1. The maximum atomic E-state index is 13.0. The summed E-state index contributed by atoms with van der Waals surface area (Å²) in [7, 11) is 0. The first-order valence-corrected chi connectivity index (χ1v) is 7.35. The first-order chi connectivity index (χ1) is 9.06. The Bertz CT molecular complexity index is 555. The molecule has 100 valence electrons. The van der Waals surface area contributed by atoms with E-state index in [2.05, 4.69) is 12.1 Å². The van der Waals surface area contributed by atoms with Crippen LogP contribution >= 0.6 is 23.4 Å². The monoisotopic (exact) mass is 295 g/mol. The zero-order valence-electron chi connectivity index (χ0n) is 10.6. The highest BCUT2D eigenvalue weighted by Crippen LogP contribution is 2.26. The Balaban J connectivity index is 2.00. The second-order valence-corrected chi connectivity index (χ2v) is 5.85. The standard InChI is InChI=1S/C15H15ClFNS/c1-10(18)12-3-5-13(6-4-12)19-9-11-2-7-15(17)14(16)8-11/h2-8,10H,9,18H2,1H3. The molecule has 19 heavy (non-hydrogen) atoms. The lowest BCUT2D eigenvalue weighted by molar-refractivity contribution is 0.628. The molecule has 2 rings (SSSR count). The predicted octanol–water partition coefficient (Wildman–Crippen LogP) is 4.79. The van der Waals surface area contributed by atoms with Gasteiger partial charge in [-0.25, -0.2) is 4.39 Å². The molecule has 2 aromatic rings. The van der Waals surface area contributed by atoms with Gasteiger partial charge in [0, 0.05) is 16.7 Å². The fourth-order valence-corrected chi connectivity index (χ4v) is 2.71. The number of halogens is 2. The Hall–Kier alpha value is -1.03. The van der Waals surface area contributed by atoms with Crippen LogP contribution in [0, 0.1) is 5.82 Å². The van der Waals surface area contributed by atoms with E-state index >= 15 is 0 Å². The summed E-state index contributed by atoms with van der Waals surface area (Å²) in [6.45, 7) is 1.96. The zero-order chi connectivity index (χ0) is 13.8. The van der Waals surface area contributed by atoms with Gasteiger partial charge >= 0.3 is 0 Å². The molecule has 1 atom stereocenters. The molecular weight excluding hydrogens is 281 g/mol. The number of hydrogen-bond acceptors (Lipinski definition) is 2. The molecule has 2 aromatic carbocycles. The van der Waals surface area contributed by atoms with Gasteiger partial charge in [-0.05, 0) is 42.3 Å². The van der Waals surface area contributed by atoms with E-state index in [-0.39, 0.29) is 16.9 Å². The largest absolute Gasteiger partial charge is 0.324 e. The van der Waals surface area contributed by atoms with Crippen molar-refractivity contribution in [1.82, 2.24) is 0 Å². The van der Waals surface area contributed by atoms with Crippen LogP contribution in [-0.2, 0) is 5.75 Å². The highest BCUT2D eigenvalue weighted by atomic mass is 35.5. The van der Waals surface area contributed by atoms with Crippen LogP contribution in [0.2, 0.25) is 5.02 Å². The van der Waals surface area contributed by atoms with Crippen LogP contribution in [0.15, 0.2) is 47.4 Å². The number of rotatable bonds is 4. The molecular formula is C15H15ClFNS. The van der Waals surface area contributed by atoms with Gasteiger partial charge in [-0.15, -0.1) is 11.8 Å². The smallest absolute Gasteiger partial charge is 0.141 e. The van der Waals surface area contributed by atoms with Crippen LogP contribution in [-0.4, -0.2) is 0 Å². The Kier molecular flexibility index (Phi) is 4.86.